The quantitative estimate of drug-likeness (QED) is 0.400. The lowest BCUT2D eigenvalue weighted by atomic mass is 9.76. The highest BCUT2D eigenvalue weighted by atomic mass is 16.5. The van der Waals surface area contributed by atoms with Crippen molar-refractivity contribution in [3.05, 3.63) is 59.7 Å². The molecule has 0 spiro atoms. The van der Waals surface area contributed by atoms with E-state index >= 15 is 0 Å². The molecule has 1 aromatic carbocycles. The topological polar surface area (TPSA) is 35.5 Å². The average Bonchev–Trinajstić information content (AvgIpc) is 3.04. The second kappa shape index (κ2) is 6.94. The number of benzene rings is 1. The first-order chi connectivity index (χ1) is 13.0. The van der Waals surface area contributed by atoms with Crippen LogP contribution in [-0.4, -0.2) is 19.2 Å². The van der Waals surface area contributed by atoms with Gasteiger partial charge in [-0.2, -0.15) is 0 Å². The van der Waals surface area contributed by atoms with E-state index in [-0.39, 0.29) is 22.9 Å². The van der Waals surface area contributed by atoms with Crippen LogP contribution in [0.5, 0.6) is 0 Å². The maximum atomic E-state index is 11.6. The lowest BCUT2D eigenvalue weighted by molar-refractivity contribution is -0.134. The molecule has 3 heteroatoms. The van der Waals surface area contributed by atoms with Crippen molar-refractivity contribution in [2.75, 3.05) is 7.11 Å². The summed E-state index contributed by atoms with van der Waals surface area (Å²) in [5.41, 5.74) is 3.09. The Labute approximate surface area is 162 Å². The maximum Gasteiger partial charge on any atom is 0.330 e. The molecule has 27 heavy (non-hydrogen) atoms. The number of hydrogen-bond acceptors (Lipinski definition) is 3. The zero-order valence-corrected chi connectivity index (χ0v) is 16.6. The van der Waals surface area contributed by atoms with Crippen LogP contribution in [0.2, 0.25) is 0 Å². The first-order valence-corrected chi connectivity index (χ1v) is 10.1. The van der Waals surface area contributed by atoms with Gasteiger partial charge in [0.05, 0.1) is 19.8 Å². The Balaban J connectivity index is 1.55. The number of methoxy groups -OCH3 is 1. The third-order valence-electron chi connectivity index (χ3n) is 6.81. The van der Waals surface area contributed by atoms with Gasteiger partial charge in [-0.25, -0.2) is 4.79 Å². The monoisotopic (exact) mass is 366 g/mol. The summed E-state index contributed by atoms with van der Waals surface area (Å²) in [7, 11) is 1.43. The zero-order valence-electron chi connectivity index (χ0n) is 16.6. The van der Waals surface area contributed by atoms with E-state index in [4.69, 9.17) is 9.47 Å². The molecule has 3 aliphatic rings. The van der Waals surface area contributed by atoms with E-state index in [1.54, 1.807) is 6.08 Å². The van der Waals surface area contributed by atoms with Gasteiger partial charge in [0.1, 0.15) is 0 Å². The van der Waals surface area contributed by atoms with E-state index < -0.39 is 0 Å². The molecule has 0 radical (unpaired) electrons. The van der Waals surface area contributed by atoms with Gasteiger partial charge >= 0.3 is 5.97 Å². The van der Waals surface area contributed by atoms with Crippen LogP contribution in [0.1, 0.15) is 45.1 Å². The van der Waals surface area contributed by atoms with Crippen LogP contribution in [0.4, 0.5) is 0 Å². The molecule has 0 bridgehead atoms. The van der Waals surface area contributed by atoms with E-state index in [1.807, 2.05) is 12.1 Å². The predicted octanol–water partition coefficient (Wildman–Crippen LogP) is 5.07. The highest BCUT2D eigenvalue weighted by Gasteiger charge is 2.71. The largest absolute Gasteiger partial charge is 0.466 e. The first kappa shape index (κ1) is 18.5. The first-order valence-electron chi connectivity index (χ1n) is 10.1. The van der Waals surface area contributed by atoms with Gasteiger partial charge in [-0.05, 0) is 48.5 Å². The van der Waals surface area contributed by atoms with Gasteiger partial charge in [0.15, 0.2) is 0 Å². The normalized spacial score (nSPS) is 33.7. The fourth-order valence-electron chi connectivity index (χ4n) is 5.72. The van der Waals surface area contributed by atoms with Crippen molar-refractivity contribution in [2.45, 2.75) is 52.2 Å². The second-order valence-electron chi connectivity index (χ2n) is 9.04. The molecule has 0 aliphatic heterocycles. The molecule has 3 aliphatic carbocycles. The van der Waals surface area contributed by atoms with Crippen molar-refractivity contribution in [3.8, 4) is 0 Å². The molecule has 2 fully saturated rings. The van der Waals surface area contributed by atoms with E-state index in [9.17, 15) is 4.79 Å². The smallest absolute Gasteiger partial charge is 0.330 e. The summed E-state index contributed by atoms with van der Waals surface area (Å²) < 4.78 is 11.4. The van der Waals surface area contributed by atoms with E-state index in [2.05, 4.69) is 44.2 Å². The van der Waals surface area contributed by atoms with Crippen molar-refractivity contribution in [2.24, 2.45) is 22.7 Å². The fourth-order valence-corrected chi connectivity index (χ4v) is 5.72. The third-order valence-corrected chi connectivity index (χ3v) is 6.81. The van der Waals surface area contributed by atoms with Crippen molar-refractivity contribution < 1.29 is 14.3 Å². The van der Waals surface area contributed by atoms with Gasteiger partial charge in [-0.3, -0.25) is 0 Å². The molecule has 0 unspecified atom stereocenters. The molecular formula is C24H30O3. The number of esters is 1. The molecule has 1 aromatic rings. The third kappa shape index (κ3) is 3.27. The van der Waals surface area contributed by atoms with E-state index in [1.165, 1.54) is 31.1 Å². The highest BCUT2D eigenvalue weighted by molar-refractivity contribution is 5.81. The summed E-state index contributed by atoms with van der Waals surface area (Å²) in [6.45, 7) is 5.37. The summed E-state index contributed by atoms with van der Waals surface area (Å²) in [5, 5.41) is 0. The Bertz CT molecular complexity index is 761. The molecule has 4 atom stereocenters. The lowest BCUT2D eigenvalue weighted by Crippen LogP contribution is -2.37. The molecule has 0 N–H and O–H groups in total. The van der Waals surface area contributed by atoms with Crippen molar-refractivity contribution in [3.63, 3.8) is 0 Å². The van der Waals surface area contributed by atoms with Crippen molar-refractivity contribution in [1.29, 1.82) is 0 Å². The van der Waals surface area contributed by atoms with E-state index in [0.717, 1.165) is 12.8 Å². The van der Waals surface area contributed by atoms with Crippen LogP contribution < -0.4 is 0 Å². The molecule has 2 saturated carbocycles. The summed E-state index contributed by atoms with van der Waals surface area (Å²) >= 11 is 0. The van der Waals surface area contributed by atoms with Crippen LogP contribution >= 0.6 is 0 Å². The molecular weight excluding hydrogens is 336 g/mol. The molecule has 0 heterocycles. The van der Waals surface area contributed by atoms with Crippen LogP contribution in [0, 0.1) is 22.7 Å². The standard InChI is InChI=1S/C24H30O3/c1-23(2)14-19-15-24(19,22(23)27-16-17-8-5-4-6-9-17)20-11-7-10-18(20)12-13-21(25)26-3/h4-6,8-9,11-13,18-19,22H,7,10,14-16H2,1-3H3/b13-12+/t18-,19-,22-,24+/m0/s1. The SMILES string of the molecule is COC(=O)/C=C/[C@@H]1CCC=C1[C@@]12C[C@@H]1CC(C)(C)[C@@H]2OCc1ccccc1. The molecule has 144 valence electrons. The molecule has 0 aromatic heterocycles. The Morgan fingerprint density at radius 1 is 1.22 bits per heavy atom. The lowest BCUT2D eigenvalue weighted by Gasteiger charge is -2.37. The minimum atomic E-state index is -0.269. The molecule has 4 rings (SSSR count). The Hall–Kier alpha value is -1.87. The van der Waals surface area contributed by atoms with Gasteiger partial charge in [-0.15, -0.1) is 0 Å². The van der Waals surface area contributed by atoms with Gasteiger partial charge in [0.25, 0.3) is 0 Å². The minimum absolute atomic E-state index is 0.167. The number of hydrogen-bond donors (Lipinski definition) is 0. The van der Waals surface area contributed by atoms with E-state index in [0.29, 0.717) is 18.4 Å². The Morgan fingerprint density at radius 3 is 2.74 bits per heavy atom. The summed E-state index contributed by atoms with van der Waals surface area (Å²) in [4.78, 5) is 11.6. The van der Waals surface area contributed by atoms with Crippen LogP contribution in [0.25, 0.3) is 0 Å². The molecule has 0 saturated heterocycles. The summed E-state index contributed by atoms with van der Waals surface area (Å²) in [5.74, 6) is 0.784. The Kier molecular flexibility index (Phi) is 4.75. The maximum absolute atomic E-state index is 11.6. The number of carbonyl (C=O) groups is 1. The van der Waals surface area contributed by atoms with Crippen LogP contribution in [0.15, 0.2) is 54.1 Å². The number of rotatable bonds is 6. The van der Waals surface area contributed by atoms with Gasteiger partial charge in [-0.1, -0.05) is 61.9 Å². The number of fused-ring (bicyclic) bond motifs is 1. The van der Waals surface area contributed by atoms with Gasteiger partial charge < -0.3 is 9.47 Å². The number of allylic oxidation sites excluding steroid dienone is 2. The predicted molar refractivity (Wildman–Crippen MR) is 106 cm³/mol. The molecule has 0 amide bonds. The summed E-state index contributed by atoms with van der Waals surface area (Å²) in [6.07, 6.45) is 10.9. The minimum Gasteiger partial charge on any atom is -0.466 e. The zero-order chi connectivity index (χ0) is 19.1. The molecule has 3 nitrogen and oxygen atoms in total. The van der Waals surface area contributed by atoms with Crippen LogP contribution in [0.3, 0.4) is 0 Å². The second-order valence-corrected chi connectivity index (χ2v) is 9.04. The number of carbonyl (C=O) groups excluding carboxylic acids is 1. The van der Waals surface area contributed by atoms with Crippen molar-refractivity contribution in [1.82, 2.24) is 0 Å². The van der Waals surface area contributed by atoms with Crippen LogP contribution in [-0.2, 0) is 20.9 Å². The Morgan fingerprint density at radius 2 is 2.00 bits per heavy atom. The highest BCUT2D eigenvalue weighted by Crippen LogP contribution is 2.75. The number of ether oxygens (including phenoxy) is 2. The fraction of sp³-hybridized carbons (Fsp3) is 0.542. The van der Waals surface area contributed by atoms with Crippen molar-refractivity contribution >= 4 is 5.97 Å². The van der Waals surface area contributed by atoms with Gasteiger partial charge in [0.2, 0.25) is 0 Å². The summed E-state index contributed by atoms with van der Waals surface area (Å²) in [6, 6.07) is 10.5. The average molecular weight is 367 g/mol. The van der Waals surface area contributed by atoms with Gasteiger partial charge in [0, 0.05) is 11.5 Å².